The molecule has 5 heterocycles. The van der Waals surface area contributed by atoms with Crippen LogP contribution in [0, 0.1) is 22.9 Å². The number of amides is 1. The van der Waals surface area contributed by atoms with Crippen molar-refractivity contribution in [3.8, 4) is 11.5 Å². The third-order valence-electron chi connectivity index (χ3n) is 13.1. The van der Waals surface area contributed by atoms with Gasteiger partial charge >= 0.3 is 24.6 Å². The molecule has 4 aromatic carbocycles. The summed E-state index contributed by atoms with van der Waals surface area (Å²) < 4.78 is 100. The molecule has 0 radical (unpaired) electrons. The number of carbonyl (C=O) groups is 3. The molecule has 0 N–H and O–H groups in total. The Balaban J connectivity index is 0.884. The number of rotatable bonds is 19. The molecule has 2 bridgehead atoms. The quantitative estimate of drug-likeness (QED) is 0.0332. The highest BCUT2D eigenvalue weighted by Gasteiger charge is 2.43. The number of sulfonamides is 1. The maximum Gasteiger partial charge on any atom is 0.415 e. The van der Waals surface area contributed by atoms with E-state index in [0.29, 0.717) is 22.4 Å². The van der Waals surface area contributed by atoms with Gasteiger partial charge in [-0.3, -0.25) is 9.80 Å². The molecule has 4 aliphatic heterocycles. The lowest BCUT2D eigenvalue weighted by Crippen LogP contribution is -2.53. The van der Waals surface area contributed by atoms with E-state index in [2.05, 4.69) is 4.90 Å². The van der Waals surface area contributed by atoms with Crippen molar-refractivity contribution in [2.24, 2.45) is 11.8 Å². The Morgan fingerprint density at radius 1 is 0.877 bits per heavy atom. The second-order valence-corrected chi connectivity index (χ2v) is 22.0. The monoisotopic (exact) mass is 1080 g/mol. The molecule has 22 heteroatoms. The zero-order valence-electron chi connectivity index (χ0n) is 39.0. The fraction of sp³-hybridized carbons (Fsp3) is 0.373. The van der Waals surface area contributed by atoms with E-state index in [-0.39, 0.29) is 105 Å². The highest BCUT2D eigenvalue weighted by molar-refractivity contribution is 8.02. The van der Waals surface area contributed by atoms with E-state index >= 15 is 4.39 Å². The Bertz CT molecular complexity index is 2950. The summed E-state index contributed by atoms with van der Waals surface area (Å²) >= 11 is 13.9. The lowest BCUT2D eigenvalue weighted by atomic mass is 9.86. The second-order valence-electron chi connectivity index (χ2n) is 18.1. The van der Waals surface area contributed by atoms with Crippen molar-refractivity contribution in [3.63, 3.8) is 0 Å². The van der Waals surface area contributed by atoms with Crippen LogP contribution in [0.25, 0.3) is 0 Å². The van der Waals surface area contributed by atoms with Crippen LogP contribution in [-0.4, -0.2) is 92.3 Å². The molecule has 3 unspecified atom stereocenters. The van der Waals surface area contributed by atoms with Gasteiger partial charge in [0.25, 0.3) is 0 Å². The number of carbonyl (C=O) groups excluding carboxylic acids is 3. The van der Waals surface area contributed by atoms with Crippen molar-refractivity contribution in [2.45, 2.75) is 74.3 Å². The molecule has 1 aliphatic carbocycles. The van der Waals surface area contributed by atoms with Gasteiger partial charge in [0.2, 0.25) is 10.0 Å². The van der Waals surface area contributed by atoms with Gasteiger partial charge in [0, 0.05) is 30.8 Å². The highest BCUT2D eigenvalue weighted by Crippen LogP contribution is 2.40. The summed E-state index contributed by atoms with van der Waals surface area (Å²) in [6, 6.07) is 21.9. The van der Waals surface area contributed by atoms with Crippen LogP contribution < -0.4 is 19.1 Å². The number of thioether (sulfide) groups is 1. The Morgan fingerprint density at radius 3 is 2.33 bits per heavy atom. The van der Waals surface area contributed by atoms with Crippen LogP contribution in [0.1, 0.15) is 64.4 Å². The number of hydrogen-bond acceptors (Lipinski definition) is 13. The van der Waals surface area contributed by atoms with E-state index in [1.54, 1.807) is 24.3 Å². The van der Waals surface area contributed by atoms with Crippen LogP contribution in [-0.2, 0) is 48.6 Å². The van der Waals surface area contributed by atoms with E-state index in [0.717, 1.165) is 67.2 Å². The van der Waals surface area contributed by atoms with Crippen molar-refractivity contribution < 1.29 is 64.4 Å². The number of hydrogen-bond donors (Lipinski definition) is 0. The molecule has 5 fully saturated rings. The SMILES string of the molecule is O=C(OCc1cccc(S(=O)(=O)N2CCSC2C(=O)OC(Cc2c(Cl)c[n+]([O-])cc2Cl)c2ccc(OC(F)F)c(OCC3CC3)c2)c1)c1cccc(CN(C(=O)OC2CN3CCC2CC3)c2ccccc2F)c1. The Morgan fingerprint density at radius 2 is 1.62 bits per heavy atom. The summed E-state index contributed by atoms with van der Waals surface area (Å²) in [5.41, 5.74) is 1.42. The summed E-state index contributed by atoms with van der Waals surface area (Å²) in [6.45, 7) is -0.954. The largest absolute Gasteiger partial charge is 0.619 e. The van der Waals surface area contributed by atoms with E-state index in [1.165, 1.54) is 71.6 Å². The van der Waals surface area contributed by atoms with Crippen LogP contribution in [0.15, 0.2) is 108 Å². The third-order valence-corrected chi connectivity index (χ3v) is 16.9. The maximum atomic E-state index is 15.2. The molecule has 0 spiro atoms. The number of pyridine rings is 1. The Kier molecular flexibility index (Phi) is 16.3. The van der Waals surface area contributed by atoms with Gasteiger partial charge in [-0.05, 0) is 116 Å². The van der Waals surface area contributed by atoms with E-state index in [9.17, 15) is 36.8 Å². The van der Waals surface area contributed by atoms with Gasteiger partial charge < -0.3 is 28.9 Å². The maximum absolute atomic E-state index is 15.2. The number of fused-ring (bicyclic) bond motifs is 3. The van der Waals surface area contributed by atoms with Crippen molar-refractivity contribution in [3.05, 3.63) is 152 Å². The average molecular weight is 1090 g/mol. The molecule has 15 nitrogen and oxygen atoms in total. The fourth-order valence-corrected chi connectivity index (χ4v) is 12.8. The van der Waals surface area contributed by atoms with Crippen molar-refractivity contribution in [2.75, 3.05) is 43.4 Å². The summed E-state index contributed by atoms with van der Waals surface area (Å²) in [6.07, 6.45) is 3.27. The number of halogens is 5. The lowest BCUT2D eigenvalue weighted by molar-refractivity contribution is -0.605. The summed E-state index contributed by atoms with van der Waals surface area (Å²) in [5, 5.41) is 10.6. The summed E-state index contributed by atoms with van der Waals surface area (Å²) in [7, 11) is -4.41. The number of esters is 2. The number of aromatic nitrogens is 1. The molecular weight excluding hydrogens is 1040 g/mol. The van der Waals surface area contributed by atoms with Gasteiger partial charge in [-0.25, -0.2) is 27.2 Å². The Labute approximate surface area is 433 Å². The number of anilines is 1. The number of alkyl halides is 2. The van der Waals surface area contributed by atoms with Crippen LogP contribution in [0.3, 0.4) is 0 Å². The molecule has 73 heavy (non-hydrogen) atoms. The molecule has 1 amide bonds. The Hall–Kier alpha value is -5.77. The predicted octanol–water partition coefficient (Wildman–Crippen LogP) is 9.34. The van der Waals surface area contributed by atoms with Gasteiger partial charge in [-0.1, -0.05) is 65.7 Å². The molecular formula is C51H49Cl2F3N4O11S2. The first-order valence-electron chi connectivity index (χ1n) is 23.5. The first-order valence-corrected chi connectivity index (χ1v) is 26.8. The van der Waals surface area contributed by atoms with E-state index < -0.39 is 52.0 Å². The zero-order valence-corrected chi connectivity index (χ0v) is 42.1. The number of para-hydroxylation sites is 1. The van der Waals surface area contributed by atoms with Crippen LogP contribution in [0.5, 0.6) is 11.5 Å². The van der Waals surface area contributed by atoms with Crippen LogP contribution >= 0.6 is 35.0 Å². The minimum absolute atomic E-state index is 0.0199. The number of piperidine rings is 3. The van der Waals surface area contributed by atoms with Gasteiger partial charge in [-0.2, -0.15) is 17.8 Å². The fourth-order valence-electron chi connectivity index (χ4n) is 9.05. The van der Waals surface area contributed by atoms with Crippen LogP contribution in [0.2, 0.25) is 10.0 Å². The number of ether oxygens (including phenoxy) is 5. The standard InChI is InChI=1S/C51H49Cl2F3N4O11S2/c52-39-26-58(64)27-40(53)38(39)24-44(35-13-14-43(70-50(55)56)45(23-35)67-29-31-11-12-31)69-49(62)47-60(19-20-72-47)73(65,66)37-8-4-6-33(22-37)30-68-48(61)36-7-3-5-32(21-36)25-59(42-10-2-1-9-41(42)54)51(63)71-46-28-57-17-15-34(46)16-18-57/h1-10,13-14,21-23,26-27,31,34,44,46-47,50H,11-12,15-20,24-25,28-30H2. The lowest BCUT2D eigenvalue weighted by Gasteiger charge is -2.44. The first kappa shape index (κ1) is 52.1. The third kappa shape index (κ3) is 12.6. The molecule has 1 saturated carbocycles. The molecule has 5 aliphatic rings. The second kappa shape index (κ2) is 22.8. The molecule has 10 rings (SSSR count). The van der Waals surface area contributed by atoms with Crippen molar-refractivity contribution in [1.29, 1.82) is 0 Å². The summed E-state index contributed by atoms with van der Waals surface area (Å²) in [5.74, 6) is -1.93. The predicted molar refractivity (Wildman–Crippen MR) is 263 cm³/mol. The zero-order chi connectivity index (χ0) is 51.4. The molecule has 386 valence electrons. The minimum Gasteiger partial charge on any atom is -0.619 e. The molecule has 4 saturated heterocycles. The summed E-state index contributed by atoms with van der Waals surface area (Å²) in [4.78, 5) is 44.7. The topological polar surface area (TPSA) is 168 Å². The van der Waals surface area contributed by atoms with Gasteiger partial charge in [0.1, 0.15) is 34.7 Å². The minimum atomic E-state index is -4.41. The first-order chi connectivity index (χ1) is 35.1. The average Bonchev–Trinajstić information content (AvgIpc) is 4.07. The smallest absolute Gasteiger partial charge is 0.415 e. The molecule has 1 aromatic heterocycles. The van der Waals surface area contributed by atoms with Gasteiger partial charge in [-0.15, -0.1) is 11.8 Å². The molecule has 5 aromatic rings. The van der Waals surface area contributed by atoms with Crippen molar-refractivity contribution >= 4 is 68.7 Å². The molecule has 3 atom stereocenters. The highest BCUT2D eigenvalue weighted by atomic mass is 35.5. The number of nitrogens with zero attached hydrogens (tertiary/aromatic N) is 4. The number of benzene rings is 4. The van der Waals surface area contributed by atoms with Gasteiger partial charge in [0.05, 0.1) is 29.3 Å². The van der Waals surface area contributed by atoms with Crippen molar-refractivity contribution in [1.82, 2.24) is 9.21 Å². The van der Waals surface area contributed by atoms with Crippen LogP contribution in [0.4, 0.5) is 23.7 Å². The normalized spacial score (nSPS) is 20.1. The van der Waals surface area contributed by atoms with Gasteiger partial charge in [0.15, 0.2) is 29.3 Å². The van der Waals surface area contributed by atoms with E-state index in [4.69, 9.17) is 46.9 Å². The van der Waals surface area contributed by atoms with E-state index in [1.807, 2.05) is 0 Å².